The van der Waals surface area contributed by atoms with Gasteiger partial charge in [0, 0.05) is 24.9 Å². The highest BCUT2D eigenvalue weighted by Crippen LogP contribution is 2.29. The molecule has 0 aliphatic carbocycles. The third-order valence-corrected chi connectivity index (χ3v) is 6.17. The molecule has 0 saturated carbocycles. The van der Waals surface area contributed by atoms with Crippen molar-refractivity contribution in [3.63, 3.8) is 0 Å². The van der Waals surface area contributed by atoms with Crippen LogP contribution in [0.25, 0.3) is 22.5 Å². The average molecular weight is 445 g/mol. The van der Waals surface area contributed by atoms with Gasteiger partial charge in [-0.2, -0.15) is 16.3 Å². The van der Waals surface area contributed by atoms with Crippen LogP contribution in [0.4, 0.5) is 0 Å². The Morgan fingerprint density at radius 1 is 1.13 bits per heavy atom. The lowest BCUT2D eigenvalue weighted by Gasteiger charge is -2.19. The number of fused-ring (bicyclic) bond motifs is 1. The Kier molecular flexibility index (Phi) is 5.10. The Hall–Kier alpha value is -2.79. The second-order valence-electron chi connectivity index (χ2n) is 7.82. The van der Waals surface area contributed by atoms with Crippen LogP contribution in [0.5, 0.6) is 0 Å². The molecule has 0 aliphatic heterocycles. The van der Waals surface area contributed by atoms with Crippen LogP contribution < -0.4 is 11.2 Å². The lowest BCUT2D eigenvalue weighted by Crippen LogP contribution is -2.38. The molecule has 0 saturated heterocycles. The molecule has 4 aromatic rings. The molecule has 9 nitrogen and oxygen atoms in total. The van der Waals surface area contributed by atoms with Crippen molar-refractivity contribution in [1.82, 2.24) is 29.2 Å². The van der Waals surface area contributed by atoms with Crippen molar-refractivity contribution in [1.29, 1.82) is 0 Å². The van der Waals surface area contributed by atoms with Gasteiger partial charge in [-0.05, 0) is 11.4 Å². The summed E-state index contributed by atoms with van der Waals surface area (Å²) in [6.45, 7) is 5.94. The SMILES string of the molecule is Cn1c(=O)c2c(SCc3noc(-c4ccsc4)n3)nc(C(C)(C)C)nc2n(C)c1=O. The minimum absolute atomic E-state index is 0.305. The van der Waals surface area contributed by atoms with Crippen molar-refractivity contribution in [2.24, 2.45) is 14.1 Å². The molecule has 0 atom stereocenters. The molecule has 0 spiro atoms. The van der Waals surface area contributed by atoms with Gasteiger partial charge in [0.15, 0.2) is 11.5 Å². The van der Waals surface area contributed by atoms with Gasteiger partial charge in [0.25, 0.3) is 11.4 Å². The maximum absolute atomic E-state index is 12.9. The van der Waals surface area contributed by atoms with Crippen LogP contribution in [0.2, 0.25) is 0 Å². The predicted molar refractivity (Wildman–Crippen MR) is 116 cm³/mol. The molecule has 0 aliphatic rings. The number of hydrogen-bond acceptors (Lipinski definition) is 9. The summed E-state index contributed by atoms with van der Waals surface area (Å²) >= 11 is 2.87. The number of nitrogens with zero attached hydrogens (tertiary/aromatic N) is 6. The second-order valence-corrected chi connectivity index (χ2v) is 9.57. The smallest absolute Gasteiger partial charge is 0.332 e. The summed E-state index contributed by atoms with van der Waals surface area (Å²) < 4.78 is 7.77. The molecule has 0 unspecified atom stereocenters. The van der Waals surface area contributed by atoms with E-state index in [1.165, 1.54) is 23.4 Å². The zero-order chi connectivity index (χ0) is 21.6. The number of thiophene rings is 1. The summed E-state index contributed by atoms with van der Waals surface area (Å²) in [7, 11) is 3.05. The first-order chi connectivity index (χ1) is 14.2. The van der Waals surface area contributed by atoms with Crippen LogP contribution in [0, 0.1) is 0 Å². The summed E-state index contributed by atoms with van der Waals surface area (Å²) in [5, 5.41) is 8.69. The van der Waals surface area contributed by atoms with Crippen LogP contribution in [0.3, 0.4) is 0 Å². The first kappa shape index (κ1) is 20.5. The second kappa shape index (κ2) is 7.47. The molecular weight excluding hydrogens is 424 g/mol. The highest BCUT2D eigenvalue weighted by atomic mass is 32.2. The normalized spacial score (nSPS) is 12.0. The van der Waals surface area contributed by atoms with Gasteiger partial charge in [0.1, 0.15) is 16.2 Å². The van der Waals surface area contributed by atoms with Gasteiger partial charge < -0.3 is 4.52 Å². The fourth-order valence-corrected chi connectivity index (χ4v) is 4.30. The number of thioether (sulfide) groups is 1. The molecule has 156 valence electrons. The van der Waals surface area contributed by atoms with Crippen LogP contribution in [-0.2, 0) is 25.3 Å². The topological polar surface area (TPSA) is 109 Å². The summed E-state index contributed by atoms with van der Waals surface area (Å²) in [5.41, 5.74) is -0.0322. The van der Waals surface area contributed by atoms with Crippen molar-refractivity contribution in [2.75, 3.05) is 0 Å². The Bertz CT molecular complexity index is 1350. The molecule has 0 amide bonds. The minimum atomic E-state index is -0.430. The van der Waals surface area contributed by atoms with Gasteiger partial charge in [-0.15, -0.1) is 0 Å². The minimum Gasteiger partial charge on any atom is -0.334 e. The number of aromatic nitrogens is 6. The van der Waals surface area contributed by atoms with Crippen LogP contribution in [0.15, 0.2) is 36.0 Å². The van der Waals surface area contributed by atoms with Crippen molar-refractivity contribution in [2.45, 2.75) is 37.0 Å². The highest BCUT2D eigenvalue weighted by Gasteiger charge is 2.24. The summed E-state index contributed by atoms with van der Waals surface area (Å²) in [5.74, 6) is 1.85. The molecule has 0 fully saturated rings. The van der Waals surface area contributed by atoms with E-state index in [-0.39, 0.29) is 5.41 Å². The van der Waals surface area contributed by atoms with Crippen molar-refractivity contribution >= 4 is 34.1 Å². The van der Waals surface area contributed by atoms with Gasteiger partial charge in [0.2, 0.25) is 0 Å². The Morgan fingerprint density at radius 2 is 1.90 bits per heavy atom. The van der Waals surface area contributed by atoms with Crippen LogP contribution in [-0.4, -0.2) is 29.2 Å². The van der Waals surface area contributed by atoms with Crippen molar-refractivity contribution in [3.05, 3.63) is 49.3 Å². The van der Waals surface area contributed by atoms with E-state index in [9.17, 15) is 9.59 Å². The first-order valence-electron chi connectivity index (χ1n) is 9.13. The van der Waals surface area contributed by atoms with Crippen LogP contribution >= 0.6 is 23.1 Å². The van der Waals surface area contributed by atoms with E-state index in [2.05, 4.69) is 20.1 Å². The molecular formula is C19H20N6O3S2. The zero-order valence-corrected chi connectivity index (χ0v) is 18.8. The van der Waals surface area contributed by atoms with E-state index >= 15 is 0 Å². The van der Waals surface area contributed by atoms with Gasteiger partial charge in [-0.1, -0.05) is 37.7 Å². The van der Waals surface area contributed by atoms with E-state index in [1.54, 1.807) is 18.4 Å². The summed E-state index contributed by atoms with van der Waals surface area (Å²) in [6.07, 6.45) is 0. The molecule has 30 heavy (non-hydrogen) atoms. The van der Waals surface area contributed by atoms with E-state index in [0.29, 0.717) is 39.4 Å². The maximum atomic E-state index is 12.9. The summed E-state index contributed by atoms with van der Waals surface area (Å²) in [4.78, 5) is 38.9. The molecule has 0 radical (unpaired) electrons. The van der Waals surface area contributed by atoms with Crippen LogP contribution in [0.1, 0.15) is 32.4 Å². The average Bonchev–Trinajstić information content (AvgIpc) is 3.39. The van der Waals surface area contributed by atoms with E-state index in [0.717, 1.165) is 10.1 Å². The summed E-state index contributed by atoms with van der Waals surface area (Å²) in [6, 6.07) is 1.91. The van der Waals surface area contributed by atoms with Gasteiger partial charge in [-0.3, -0.25) is 13.9 Å². The third kappa shape index (κ3) is 3.58. The van der Waals surface area contributed by atoms with Crippen molar-refractivity contribution in [3.8, 4) is 11.5 Å². The highest BCUT2D eigenvalue weighted by molar-refractivity contribution is 7.98. The van der Waals surface area contributed by atoms with E-state index in [4.69, 9.17) is 4.52 Å². The maximum Gasteiger partial charge on any atom is 0.332 e. The lowest BCUT2D eigenvalue weighted by molar-refractivity contribution is 0.425. The Balaban J connectivity index is 1.79. The molecule has 4 rings (SSSR count). The Labute approximate surface area is 179 Å². The van der Waals surface area contributed by atoms with Gasteiger partial charge in [-0.25, -0.2) is 14.8 Å². The van der Waals surface area contributed by atoms with Gasteiger partial charge >= 0.3 is 5.69 Å². The molecule has 11 heteroatoms. The fourth-order valence-electron chi connectivity index (χ4n) is 2.82. The quantitative estimate of drug-likeness (QED) is 0.349. The fraction of sp³-hybridized carbons (Fsp3) is 0.368. The number of rotatable bonds is 4. The molecule has 0 N–H and O–H groups in total. The predicted octanol–water partition coefficient (Wildman–Crippen LogP) is 2.73. The van der Waals surface area contributed by atoms with E-state index < -0.39 is 11.2 Å². The largest absolute Gasteiger partial charge is 0.334 e. The molecule has 0 aromatic carbocycles. The molecule has 0 bridgehead atoms. The lowest BCUT2D eigenvalue weighted by atomic mass is 9.96. The zero-order valence-electron chi connectivity index (χ0n) is 17.2. The third-order valence-electron chi connectivity index (χ3n) is 4.51. The molecule has 4 aromatic heterocycles. The van der Waals surface area contributed by atoms with E-state index in [1.807, 2.05) is 37.6 Å². The monoisotopic (exact) mass is 444 g/mol. The number of aryl methyl sites for hydroxylation is 1. The standard InChI is InChI=1S/C19H20N6O3S2/c1-19(2,3)17-21-13-12(16(26)25(5)18(27)24(13)4)15(22-17)30-9-11-20-14(28-23-11)10-6-7-29-8-10/h6-8H,9H2,1-5H3. The van der Waals surface area contributed by atoms with Gasteiger partial charge in [0.05, 0.1) is 11.3 Å². The molecule has 4 heterocycles. The first-order valence-corrected chi connectivity index (χ1v) is 11.1. The Morgan fingerprint density at radius 3 is 2.57 bits per heavy atom. The number of hydrogen-bond donors (Lipinski definition) is 0. The van der Waals surface area contributed by atoms with Crippen molar-refractivity contribution < 1.29 is 4.52 Å².